The molecule has 0 bridgehead atoms. The molecule has 0 heterocycles. The summed E-state index contributed by atoms with van der Waals surface area (Å²) in [5, 5.41) is 0. The van der Waals surface area contributed by atoms with Gasteiger partial charge in [-0.1, -0.05) is 0 Å². The second-order valence-electron chi connectivity index (χ2n) is 0. The molecule has 0 aliphatic carbocycles. The van der Waals surface area contributed by atoms with Gasteiger partial charge in [-0.05, 0) is 0 Å². The third-order valence-corrected chi connectivity index (χ3v) is 0. The van der Waals surface area contributed by atoms with Gasteiger partial charge < -0.3 is 0 Å². The zero-order chi connectivity index (χ0) is 2.00. The van der Waals surface area contributed by atoms with Gasteiger partial charge in [0.2, 0.25) is 0 Å². The molecule has 0 rings (SSSR count). The molecule has 0 aromatic heterocycles. The Morgan fingerprint density at radius 3 is 1.25 bits per heavy atom. The zero-order valence-corrected chi connectivity index (χ0v) is 3.83. The van der Waals surface area contributed by atoms with Crippen molar-refractivity contribution in [1.29, 1.82) is 0 Å². The summed E-state index contributed by atoms with van der Waals surface area (Å²) in [4.78, 5) is 0. The van der Waals surface area contributed by atoms with E-state index in [2.05, 4.69) is 0 Å². The van der Waals surface area contributed by atoms with Crippen LogP contribution in [-0.4, -0.2) is 33.6 Å². The molecule has 0 saturated heterocycles. The molecular formula is H4Al2NiO. The molecule has 26 valence electrons. The molecular weight excluding hydrogens is 129 g/mol. The van der Waals surface area contributed by atoms with Gasteiger partial charge in [0.05, 0.1) is 0 Å². The molecule has 0 fully saturated rings. The van der Waals surface area contributed by atoms with Gasteiger partial charge in [-0.2, -0.15) is 0 Å². The summed E-state index contributed by atoms with van der Waals surface area (Å²) < 4.78 is 8.28. The van der Waals surface area contributed by atoms with Crippen LogP contribution in [-0.2, 0) is 20.3 Å². The predicted octanol–water partition coefficient (Wildman–Crippen LogP) is -1.95. The average molecular weight is 133 g/mol. The topological polar surface area (TPSA) is 17.1 Å². The van der Waals surface area contributed by atoms with Crippen LogP contribution in [0, 0.1) is 0 Å². The zero-order valence-electron chi connectivity index (χ0n) is 1.43. The molecule has 4 heavy (non-hydrogen) atoms. The first-order chi connectivity index (χ1) is 1.00. The molecule has 0 aliphatic heterocycles. The van der Waals surface area contributed by atoms with Gasteiger partial charge in [-0.15, -0.1) is 0 Å². The van der Waals surface area contributed by atoms with Gasteiger partial charge in [-0.3, -0.25) is 0 Å². The summed E-state index contributed by atoms with van der Waals surface area (Å²) in [6.07, 6.45) is 0. The van der Waals surface area contributed by atoms with E-state index >= 15 is 0 Å². The summed E-state index contributed by atoms with van der Waals surface area (Å²) in [5.41, 5.74) is 0. The van der Waals surface area contributed by atoms with Crippen LogP contribution in [0.25, 0.3) is 0 Å². The van der Waals surface area contributed by atoms with Crippen LogP contribution in [0.3, 0.4) is 0 Å². The fourth-order valence-corrected chi connectivity index (χ4v) is 0. The van der Waals surface area contributed by atoms with Crippen molar-refractivity contribution >= 4 is 33.6 Å². The summed E-state index contributed by atoms with van der Waals surface area (Å²) in [6.45, 7) is 0. The van der Waals surface area contributed by atoms with Gasteiger partial charge in [0.1, 0.15) is 0 Å². The minimum atomic E-state index is 0. The Hall–Kier alpha value is 1.36. The summed E-state index contributed by atoms with van der Waals surface area (Å²) in [6, 6.07) is 0. The molecule has 1 nitrogen and oxygen atoms in total. The quantitative estimate of drug-likeness (QED) is 0.350. The van der Waals surface area contributed by atoms with Crippen LogP contribution in [0.1, 0.15) is 0 Å². The van der Waals surface area contributed by atoms with E-state index < -0.39 is 0 Å². The Bertz CT molecular complexity index is 6.00. The Morgan fingerprint density at radius 2 is 1.25 bits per heavy atom. The maximum atomic E-state index is 8.28. The first kappa shape index (κ1) is 18.3. The van der Waals surface area contributed by atoms with Crippen LogP contribution in [0.5, 0.6) is 0 Å². The van der Waals surface area contributed by atoms with Gasteiger partial charge >= 0.3 is 20.0 Å². The predicted molar refractivity (Wildman–Crippen MR) is 17.8 cm³/mol. The molecule has 4 heteroatoms. The SMILES string of the molecule is [AlH3].[Ni].[O]=[AlH]. The van der Waals surface area contributed by atoms with E-state index in [1.165, 1.54) is 0 Å². The van der Waals surface area contributed by atoms with E-state index in [9.17, 15) is 0 Å². The van der Waals surface area contributed by atoms with Crippen LogP contribution in [0.15, 0.2) is 0 Å². The van der Waals surface area contributed by atoms with E-state index in [0.717, 1.165) is 0 Å². The Labute approximate surface area is 53.8 Å². The second-order valence-corrected chi connectivity index (χ2v) is 0. The normalized spacial score (nSPS) is 0.750. The first-order valence-corrected chi connectivity index (χ1v) is 0.866. The van der Waals surface area contributed by atoms with Crippen molar-refractivity contribution < 1.29 is 20.3 Å². The van der Waals surface area contributed by atoms with E-state index in [1.54, 1.807) is 0 Å². The molecule has 0 radical (unpaired) electrons. The van der Waals surface area contributed by atoms with Gasteiger partial charge in [0.15, 0.2) is 17.4 Å². The molecule has 0 amide bonds. The summed E-state index contributed by atoms with van der Waals surface area (Å²) in [7, 11) is 0. The molecule has 0 aromatic carbocycles. The molecule has 0 aliphatic rings. The average Bonchev–Trinajstić information content (AvgIpc) is 1.00. The molecule has 0 N–H and O–H groups in total. The van der Waals surface area contributed by atoms with Crippen LogP contribution < -0.4 is 0 Å². The number of hydrogen-bond acceptors (Lipinski definition) is 1. The van der Waals surface area contributed by atoms with Gasteiger partial charge in [0, 0.05) is 16.5 Å². The summed E-state index contributed by atoms with van der Waals surface area (Å²) >= 11 is 0.611. The van der Waals surface area contributed by atoms with Crippen LogP contribution >= 0.6 is 0 Å². The number of hydrogen-bond donors (Lipinski definition) is 0. The van der Waals surface area contributed by atoms with Crippen molar-refractivity contribution in [3.8, 4) is 0 Å². The third kappa shape index (κ3) is 10.1. The Morgan fingerprint density at radius 1 is 1.25 bits per heavy atom. The van der Waals surface area contributed by atoms with Crippen molar-refractivity contribution in [1.82, 2.24) is 0 Å². The van der Waals surface area contributed by atoms with Crippen LogP contribution in [0.4, 0.5) is 0 Å². The molecule has 0 unspecified atom stereocenters. The van der Waals surface area contributed by atoms with Crippen molar-refractivity contribution in [2.75, 3.05) is 0 Å². The fourth-order valence-electron chi connectivity index (χ4n) is 0. The minimum absolute atomic E-state index is 0. The molecule has 0 atom stereocenters. The Kier molecular flexibility index (Phi) is 122. The summed E-state index contributed by atoms with van der Waals surface area (Å²) in [5.74, 6) is 0. The van der Waals surface area contributed by atoms with E-state index in [4.69, 9.17) is 3.80 Å². The standard InChI is InChI=1S/2Al.Ni.O.4H. The second kappa shape index (κ2) is 26.6. The third-order valence-electron chi connectivity index (χ3n) is 0. The van der Waals surface area contributed by atoms with Crippen molar-refractivity contribution in [2.45, 2.75) is 0 Å². The van der Waals surface area contributed by atoms with Gasteiger partial charge in [0.25, 0.3) is 0 Å². The van der Waals surface area contributed by atoms with Crippen molar-refractivity contribution in [3.05, 3.63) is 0 Å². The van der Waals surface area contributed by atoms with Crippen molar-refractivity contribution in [3.63, 3.8) is 0 Å². The van der Waals surface area contributed by atoms with Crippen molar-refractivity contribution in [2.24, 2.45) is 0 Å². The first-order valence-electron chi connectivity index (χ1n) is 0.289. The van der Waals surface area contributed by atoms with E-state index in [0.29, 0.717) is 16.2 Å². The van der Waals surface area contributed by atoms with E-state index in [1.807, 2.05) is 0 Å². The fraction of sp³-hybridized carbons (Fsp3) is 0. The van der Waals surface area contributed by atoms with Crippen LogP contribution in [0.2, 0.25) is 0 Å². The van der Waals surface area contributed by atoms with Gasteiger partial charge in [-0.25, -0.2) is 0 Å². The molecule has 0 aromatic rings. The number of rotatable bonds is 0. The van der Waals surface area contributed by atoms with E-state index in [-0.39, 0.29) is 33.9 Å². The molecule has 0 saturated carbocycles. The maximum absolute atomic E-state index is 8.28. The molecule has 0 spiro atoms. The Balaban J connectivity index is -0.00000000500. The monoisotopic (exact) mass is 132 g/mol.